The highest BCUT2D eigenvalue weighted by Gasteiger charge is 2.29. The molecule has 108 valence electrons. The predicted octanol–water partition coefficient (Wildman–Crippen LogP) is 0.185. The fourth-order valence-electron chi connectivity index (χ4n) is 2.56. The number of aryl methyl sites for hydroxylation is 2. The van der Waals surface area contributed by atoms with Gasteiger partial charge in [-0.2, -0.15) is 5.10 Å². The van der Waals surface area contributed by atoms with Crippen LogP contribution in [0.3, 0.4) is 0 Å². The molecule has 1 atom stereocenters. The second kappa shape index (κ2) is 5.60. The molecule has 0 bridgehead atoms. The number of nitrogens with zero attached hydrogens (tertiary/aromatic N) is 2. The molecule has 7 heteroatoms. The van der Waals surface area contributed by atoms with Crippen LogP contribution in [0.4, 0.5) is 0 Å². The molecule has 0 saturated carbocycles. The number of rotatable bonds is 5. The number of sulfonamides is 1. The summed E-state index contributed by atoms with van der Waals surface area (Å²) in [7, 11) is -1.68. The Balaban J connectivity index is 2.38. The summed E-state index contributed by atoms with van der Waals surface area (Å²) < 4.78 is 29.6. The van der Waals surface area contributed by atoms with Crippen molar-refractivity contribution in [1.82, 2.24) is 19.8 Å². The van der Waals surface area contributed by atoms with Gasteiger partial charge in [-0.3, -0.25) is 4.68 Å². The highest BCUT2D eigenvalue weighted by Crippen LogP contribution is 2.22. The molecule has 2 rings (SSSR count). The first-order valence-corrected chi connectivity index (χ1v) is 8.25. The molecule has 0 spiro atoms. The summed E-state index contributed by atoms with van der Waals surface area (Å²) in [6.07, 6.45) is 2.11. The zero-order valence-electron chi connectivity index (χ0n) is 11.7. The first-order chi connectivity index (χ1) is 8.99. The lowest BCUT2D eigenvalue weighted by atomic mass is 10.2. The molecule has 0 aliphatic carbocycles. The third-order valence-corrected chi connectivity index (χ3v) is 5.16. The minimum absolute atomic E-state index is 0.0142. The topological polar surface area (TPSA) is 76.0 Å². The van der Waals surface area contributed by atoms with Crippen molar-refractivity contribution in [2.24, 2.45) is 7.05 Å². The van der Waals surface area contributed by atoms with Crippen LogP contribution in [0.15, 0.2) is 4.90 Å². The summed E-state index contributed by atoms with van der Waals surface area (Å²) in [6.45, 7) is 5.44. The molecule has 0 radical (unpaired) electrons. The summed E-state index contributed by atoms with van der Waals surface area (Å²) in [4.78, 5) is 0.381. The molecular formula is C12H22N4O2S. The fourth-order valence-corrected chi connectivity index (χ4v) is 4.40. The maximum Gasteiger partial charge on any atom is 0.244 e. The summed E-state index contributed by atoms with van der Waals surface area (Å²) in [6, 6.07) is -0.0142. The first-order valence-electron chi connectivity index (χ1n) is 6.77. The van der Waals surface area contributed by atoms with Crippen molar-refractivity contribution in [3.63, 3.8) is 0 Å². The average molecular weight is 286 g/mol. The van der Waals surface area contributed by atoms with Gasteiger partial charge >= 0.3 is 0 Å². The Hall–Kier alpha value is -0.920. The lowest BCUT2D eigenvalue weighted by Crippen LogP contribution is -2.36. The van der Waals surface area contributed by atoms with E-state index < -0.39 is 10.0 Å². The molecule has 2 N–H and O–H groups in total. The molecule has 1 aliphatic heterocycles. The molecule has 19 heavy (non-hydrogen) atoms. The Labute approximate surface area is 114 Å². The minimum atomic E-state index is -3.48. The van der Waals surface area contributed by atoms with E-state index in [1.54, 1.807) is 11.7 Å². The van der Waals surface area contributed by atoms with Crippen molar-refractivity contribution >= 4 is 10.0 Å². The summed E-state index contributed by atoms with van der Waals surface area (Å²) in [5, 5.41) is 7.48. The zero-order chi connectivity index (χ0) is 14.0. The number of hydrogen-bond donors (Lipinski definition) is 2. The van der Waals surface area contributed by atoms with Crippen LogP contribution in [0, 0.1) is 0 Å². The van der Waals surface area contributed by atoms with E-state index in [2.05, 4.69) is 15.1 Å². The largest absolute Gasteiger partial charge is 0.315 e. The maximum absolute atomic E-state index is 12.6. The molecule has 0 unspecified atom stereocenters. The highest BCUT2D eigenvalue weighted by molar-refractivity contribution is 7.89. The summed E-state index contributed by atoms with van der Waals surface area (Å²) >= 11 is 0. The van der Waals surface area contributed by atoms with Crippen LogP contribution in [0.2, 0.25) is 0 Å². The van der Waals surface area contributed by atoms with Gasteiger partial charge in [0.25, 0.3) is 0 Å². The van der Waals surface area contributed by atoms with E-state index >= 15 is 0 Å². The molecule has 1 saturated heterocycles. The summed E-state index contributed by atoms with van der Waals surface area (Å²) in [5.74, 6) is 0. The van der Waals surface area contributed by atoms with Crippen LogP contribution in [0.1, 0.15) is 31.7 Å². The van der Waals surface area contributed by atoms with E-state index in [1.807, 2.05) is 13.8 Å². The quantitative estimate of drug-likeness (QED) is 0.810. The van der Waals surface area contributed by atoms with E-state index in [4.69, 9.17) is 0 Å². The van der Waals surface area contributed by atoms with E-state index in [9.17, 15) is 8.42 Å². The van der Waals surface area contributed by atoms with Gasteiger partial charge < -0.3 is 5.32 Å². The Morgan fingerprint density at radius 1 is 1.42 bits per heavy atom. The number of nitrogens with one attached hydrogen (secondary N) is 2. The molecule has 1 aromatic heterocycles. The maximum atomic E-state index is 12.6. The van der Waals surface area contributed by atoms with Crippen molar-refractivity contribution in [3.8, 4) is 0 Å². The summed E-state index contributed by atoms with van der Waals surface area (Å²) in [5.41, 5.74) is 1.42. The normalized spacial score (nSPS) is 20.1. The van der Waals surface area contributed by atoms with Crippen molar-refractivity contribution < 1.29 is 8.42 Å². The van der Waals surface area contributed by atoms with Crippen LogP contribution in [0.5, 0.6) is 0 Å². The van der Waals surface area contributed by atoms with Crippen molar-refractivity contribution in [3.05, 3.63) is 11.4 Å². The molecule has 1 fully saturated rings. The first kappa shape index (κ1) is 14.5. The molecule has 6 nitrogen and oxygen atoms in total. The lowest BCUT2D eigenvalue weighted by molar-refractivity contribution is 0.557. The van der Waals surface area contributed by atoms with Crippen LogP contribution in [0.25, 0.3) is 0 Å². The number of aromatic nitrogens is 2. The second-order valence-corrected chi connectivity index (χ2v) is 6.52. The highest BCUT2D eigenvalue weighted by atomic mass is 32.2. The van der Waals surface area contributed by atoms with Crippen LogP contribution >= 0.6 is 0 Å². The van der Waals surface area contributed by atoms with E-state index in [0.29, 0.717) is 30.0 Å². The van der Waals surface area contributed by atoms with Gasteiger partial charge in [-0.15, -0.1) is 0 Å². The van der Waals surface area contributed by atoms with Gasteiger partial charge in [0, 0.05) is 19.6 Å². The van der Waals surface area contributed by atoms with Crippen molar-refractivity contribution in [2.75, 3.05) is 13.1 Å². The monoisotopic (exact) mass is 286 g/mol. The van der Waals surface area contributed by atoms with Crippen molar-refractivity contribution in [1.29, 1.82) is 0 Å². The van der Waals surface area contributed by atoms with Gasteiger partial charge in [0.2, 0.25) is 10.0 Å². The smallest absolute Gasteiger partial charge is 0.244 e. The second-order valence-electron chi connectivity index (χ2n) is 4.86. The van der Waals surface area contributed by atoms with Gasteiger partial charge in [0.15, 0.2) is 0 Å². The average Bonchev–Trinajstić information content (AvgIpc) is 2.95. The van der Waals surface area contributed by atoms with E-state index in [1.165, 1.54) is 0 Å². The van der Waals surface area contributed by atoms with Crippen LogP contribution < -0.4 is 10.0 Å². The SMILES string of the molecule is CCc1nn(C)c(CC)c1S(=O)(=O)N[C@H]1CCNC1. The molecule has 0 aromatic carbocycles. The van der Waals surface area contributed by atoms with E-state index in [-0.39, 0.29) is 6.04 Å². The molecular weight excluding hydrogens is 264 g/mol. The Morgan fingerprint density at radius 3 is 2.68 bits per heavy atom. The predicted molar refractivity (Wildman–Crippen MR) is 73.6 cm³/mol. The fraction of sp³-hybridized carbons (Fsp3) is 0.750. The lowest BCUT2D eigenvalue weighted by Gasteiger charge is -2.13. The third-order valence-electron chi connectivity index (χ3n) is 3.51. The molecule has 1 aliphatic rings. The molecule has 2 heterocycles. The Kier molecular flexibility index (Phi) is 4.27. The molecule has 1 aromatic rings. The van der Waals surface area contributed by atoms with Gasteiger partial charge in [-0.1, -0.05) is 13.8 Å². The number of hydrogen-bond acceptors (Lipinski definition) is 4. The van der Waals surface area contributed by atoms with Crippen LogP contribution in [-0.4, -0.2) is 37.3 Å². The minimum Gasteiger partial charge on any atom is -0.315 e. The molecule has 0 amide bonds. The Morgan fingerprint density at radius 2 is 2.16 bits per heavy atom. The van der Waals surface area contributed by atoms with Gasteiger partial charge in [-0.25, -0.2) is 13.1 Å². The standard InChI is InChI=1S/C12H22N4O2S/c1-4-10-12(11(5-2)16(3)14-10)19(17,18)15-9-6-7-13-8-9/h9,13,15H,4-8H2,1-3H3/t9-/m0/s1. The van der Waals surface area contributed by atoms with E-state index in [0.717, 1.165) is 18.7 Å². The van der Waals surface area contributed by atoms with Gasteiger partial charge in [0.05, 0.1) is 11.4 Å². The Bertz CT molecular complexity index is 544. The zero-order valence-corrected chi connectivity index (χ0v) is 12.5. The van der Waals surface area contributed by atoms with Gasteiger partial charge in [-0.05, 0) is 25.8 Å². The third kappa shape index (κ3) is 2.82. The van der Waals surface area contributed by atoms with Crippen LogP contribution in [-0.2, 0) is 29.9 Å². The van der Waals surface area contributed by atoms with Gasteiger partial charge in [0.1, 0.15) is 4.90 Å². The van der Waals surface area contributed by atoms with Crippen molar-refractivity contribution in [2.45, 2.75) is 44.0 Å².